The molecule has 0 saturated carbocycles. The molecule has 1 aliphatic heterocycles. The summed E-state index contributed by atoms with van der Waals surface area (Å²) in [6.07, 6.45) is -3.52. The molecule has 1 heterocycles. The molecule has 0 aliphatic carbocycles. The standard InChI is InChI=1S/C10H16F2N2O3/c1-10(2,3)17-9(16)14-4-6(5-14)13-8(15)7(11)12/h6-7H,4-5H2,1-3H3,(H,13,15). The number of hydrogen-bond acceptors (Lipinski definition) is 3. The first kappa shape index (κ1) is 13.7. The Hall–Kier alpha value is -1.40. The van der Waals surface area contributed by atoms with E-state index in [1.807, 2.05) is 0 Å². The summed E-state index contributed by atoms with van der Waals surface area (Å²) in [7, 11) is 0. The number of rotatable bonds is 2. The van der Waals surface area contributed by atoms with Crippen molar-refractivity contribution in [3.05, 3.63) is 0 Å². The number of amides is 2. The Morgan fingerprint density at radius 3 is 2.29 bits per heavy atom. The number of nitrogens with one attached hydrogen (secondary N) is 1. The third-order valence-corrected chi connectivity index (χ3v) is 2.08. The number of likely N-dealkylation sites (tertiary alicyclic amines) is 1. The molecule has 1 saturated heterocycles. The Balaban J connectivity index is 2.28. The lowest BCUT2D eigenvalue weighted by Crippen LogP contribution is -2.62. The topological polar surface area (TPSA) is 58.6 Å². The van der Waals surface area contributed by atoms with E-state index in [4.69, 9.17) is 4.74 Å². The Morgan fingerprint density at radius 2 is 1.88 bits per heavy atom. The van der Waals surface area contributed by atoms with Gasteiger partial charge in [0.25, 0.3) is 5.91 Å². The fourth-order valence-corrected chi connectivity index (χ4v) is 1.31. The zero-order chi connectivity index (χ0) is 13.2. The Kier molecular flexibility index (Phi) is 3.90. The SMILES string of the molecule is CC(C)(C)OC(=O)N1CC(NC(=O)C(F)F)C1. The van der Waals surface area contributed by atoms with Crippen molar-refractivity contribution in [2.45, 2.75) is 38.8 Å². The van der Waals surface area contributed by atoms with Crippen LogP contribution in [0.5, 0.6) is 0 Å². The van der Waals surface area contributed by atoms with Crippen LogP contribution in [0.3, 0.4) is 0 Å². The second kappa shape index (κ2) is 4.85. The van der Waals surface area contributed by atoms with Crippen molar-refractivity contribution in [3.63, 3.8) is 0 Å². The molecule has 17 heavy (non-hydrogen) atoms. The Labute approximate surface area is 98.1 Å². The summed E-state index contributed by atoms with van der Waals surface area (Å²) < 4.78 is 28.9. The van der Waals surface area contributed by atoms with E-state index in [1.54, 1.807) is 20.8 Å². The first-order valence-corrected chi connectivity index (χ1v) is 5.25. The maximum atomic E-state index is 11.9. The predicted molar refractivity (Wildman–Crippen MR) is 55.7 cm³/mol. The highest BCUT2D eigenvalue weighted by Gasteiger charge is 2.35. The zero-order valence-corrected chi connectivity index (χ0v) is 10.00. The van der Waals surface area contributed by atoms with Crippen LogP contribution in [0.25, 0.3) is 0 Å². The van der Waals surface area contributed by atoms with E-state index in [1.165, 1.54) is 4.90 Å². The van der Waals surface area contributed by atoms with Crippen molar-refractivity contribution in [1.29, 1.82) is 0 Å². The van der Waals surface area contributed by atoms with Gasteiger partial charge in [0.2, 0.25) is 0 Å². The minimum absolute atomic E-state index is 0.202. The fourth-order valence-electron chi connectivity index (χ4n) is 1.31. The van der Waals surface area contributed by atoms with Gasteiger partial charge >= 0.3 is 12.5 Å². The van der Waals surface area contributed by atoms with Gasteiger partial charge in [0.1, 0.15) is 5.60 Å². The number of hydrogen-bond donors (Lipinski definition) is 1. The lowest BCUT2D eigenvalue weighted by atomic mass is 10.1. The molecular weight excluding hydrogens is 234 g/mol. The van der Waals surface area contributed by atoms with Gasteiger partial charge in [0.05, 0.1) is 6.04 Å². The van der Waals surface area contributed by atoms with Gasteiger partial charge in [-0.2, -0.15) is 8.78 Å². The number of alkyl halides is 2. The van der Waals surface area contributed by atoms with Crippen LogP contribution < -0.4 is 5.32 Å². The monoisotopic (exact) mass is 250 g/mol. The minimum Gasteiger partial charge on any atom is -0.444 e. The molecule has 0 bridgehead atoms. The van der Waals surface area contributed by atoms with Crippen molar-refractivity contribution in [3.8, 4) is 0 Å². The van der Waals surface area contributed by atoms with E-state index in [0.29, 0.717) is 0 Å². The van der Waals surface area contributed by atoms with Crippen LogP contribution in [0.2, 0.25) is 0 Å². The van der Waals surface area contributed by atoms with Crippen LogP contribution in [-0.2, 0) is 9.53 Å². The van der Waals surface area contributed by atoms with E-state index in [9.17, 15) is 18.4 Å². The van der Waals surface area contributed by atoms with E-state index in [2.05, 4.69) is 5.32 Å². The first-order valence-electron chi connectivity index (χ1n) is 5.25. The lowest BCUT2D eigenvalue weighted by molar-refractivity contribution is -0.133. The Morgan fingerprint density at radius 1 is 1.35 bits per heavy atom. The molecule has 0 spiro atoms. The number of carbonyl (C=O) groups is 2. The summed E-state index contributed by atoms with van der Waals surface area (Å²) in [4.78, 5) is 23.5. The van der Waals surface area contributed by atoms with E-state index in [-0.39, 0.29) is 13.1 Å². The van der Waals surface area contributed by atoms with Crippen molar-refractivity contribution in [2.24, 2.45) is 0 Å². The molecule has 0 aromatic heterocycles. The third-order valence-electron chi connectivity index (χ3n) is 2.08. The highest BCUT2D eigenvalue weighted by atomic mass is 19.3. The van der Waals surface area contributed by atoms with Crippen LogP contribution in [-0.4, -0.2) is 48.1 Å². The van der Waals surface area contributed by atoms with Gasteiger partial charge in [-0.15, -0.1) is 0 Å². The molecule has 0 unspecified atom stereocenters. The Bertz CT molecular complexity index is 309. The summed E-state index contributed by atoms with van der Waals surface area (Å²) in [5.41, 5.74) is -0.589. The summed E-state index contributed by atoms with van der Waals surface area (Å²) in [6, 6.07) is -0.413. The average molecular weight is 250 g/mol. The highest BCUT2D eigenvalue weighted by Crippen LogP contribution is 2.15. The van der Waals surface area contributed by atoms with Gasteiger partial charge in [0.15, 0.2) is 0 Å². The van der Waals surface area contributed by atoms with Gasteiger partial charge in [-0.05, 0) is 20.8 Å². The molecule has 5 nitrogen and oxygen atoms in total. The summed E-state index contributed by atoms with van der Waals surface area (Å²) in [5.74, 6) is -1.31. The van der Waals surface area contributed by atoms with Crippen LogP contribution in [0.1, 0.15) is 20.8 Å². The maximum absolute atomic E-state index is 11.9. The number of nitrogens with zero attached hydrogens (tertiary/aromatic N) is 1. The molecule has 7 heteroatoms. The molecule has 1 rings (SSSR count). The number of carbonyl (C=O) groups excluding carboxylic acids is 2. The van der Waals surface area contributed by atoms with Gasteiger partial charge in [0, 0.05) is 13.1 Å². The third kappa shape index (κ3) is 4.16. The van der Waals surface area contributed by atoms with Crippen LogP contribution in [0.15, 0.2) is 0 Å². The minimum atomic E-state index is -3.02. The highest BCUT2D eigenvalue weighted by molar-refractivity contribution is 5.80. The first-order chi connectivity index (χ1) is 7.69. The molecule has 1 fully saturated rings. The molecule has 2 amide bonds. The maximum Gasteiger partial charge on any atom is 0.410 e. The molecule has 0 radical (unpaired) electrons. The fraction of sp³-hybridized carbons (Fsp3) is 0.800. The van der Waals surface area contributed by atoms with Gasteiger partial charge in [-0.3, -0.25) is 4.79 Å². The lowest BCUT2D eigenvalue weighted by Gasteiger charge is -2.39. The predicted octanol–water partition coefficient (Wildman–Crippen LogP) is 0.987. The summed E-state index contributed by atoms with van der Waals surface area (Å²) >= 11 is 0. The number of halogens is 2. The van der Waals surface area contributed by atoms with Gasteiger partial charge < -0.3 is 15.0 Å². The average Bonchev–Trinajstić information content (AvgIpc) is 2.06. The van der Waals surface area contributed by atoms with Crippen molar-refractivity contribution in [1.82, 2.24) is 10.2 Å². The van der Waals surface area contributed by atoms with Crippen LogP contribution in [0.4, 0.5) is 13.6 Å². The second-order valence-corrected chi connectivity index (χ2v) is 4.89. The number of ether oxygens (including phenoxy) is 1. The quantitative estimate of drug-likeness (QED) is 0.795. The normalized spacial score (nSPS) is 16.7. The second-order valence-electron chi connectivity index (χ2n) is 4.89. The van der Waals surface area contributed by atoms with E-state index < -0.39 is 30.1 Å². The van der Waals surface area contributed by atoms with Crippen LogP contribution in [0, 0.1) is 0 Å². The molecule has 98 valence electrons. The van der Waals surface area contributed by atoms with Crippen molar-refractivity contribution < 1.29 is 23.1 Å². The largest absolute Gasteiger partial charge is 0.444 e. The molecule has 1 N–H and O–H groups in total. The summed E-state index contributed by atoms with van der Waals surface area (Å²) in [5, 5.41) is 2.13. The van der Waals surface area contributed by atoms with Gasteiger partial charge in [-0.25, -0.2) is 4.79 Å². The molecule has 1 aliphatic rings. The van der Waals surface area contributed by atoms with Gasteiger partial charge in [-0.1, -0.05) is 0 Å². The van der Waals surface area contributed by atoms with E-state index >= 15 is 0 Å². The van der Waals surface area contributed by atoms with Crippen LogP contribution >= 0.6 is 0 Å². The molecular formula is C10H16F2N2O3. The van der Waals surface area contributed by atoms with E-state index in [0.717, 1.165) is 0 Å². The zero-order valence-electron chi connectivity index (χ0n) is 10.00. The summed E-state index contributed by atoms with van der Waals surface area (Å²) in [6.45, 7) is 5.61. The van der Waals surface area contributed by atoms with Crippen molar-refractivity contribution >= 4 is 12.0 Å². The smallest absolute Gasteiger partial charge is 0.410 e. The molecule has 0 aromatic carbocycles. The molecule has 0 atom stereocenters. The van der Waals surface area contributed by atoms with Crippen molar-refractivity contribution in [2.75, 3.05) is 13.1 Å². The molecule has 0 aromatic rings.